The molecule has 2 aromatic rings. The van der Waals surface area contributed by atoms with Crippen molar-refractivity contribution in [1.82, 2.24) is 19.7 Å². The van der Waals surface area contributed by atoms with Gasteiger partial charge in [-0.3, -0.25) is 4.79 Å². The minimum atomic E-state index is -0.265. The number of ether oxygens (including phenoxy) is 2. The predicted octanol–water partition coefficient (Wildman–Crippen LogP) is 2.25. The Hall–Kier alpha value is -2.84. The maximum Gasteiger partial charge on any atom is 0.318 e. The minimum Gasteiger partial charge on any atom is -0.385 e. The number of hydrogen-bond acceptors (Lipinski definition) is 4. The zero-order chi connectivity index (χ0) is 22.5. The van der Waals surface area contributed by atoms with Crippen molar-refractivity contribution in [2.75, 3.05) is 47.1 Å². The van der Waals surface area contributed by atoms with Gasteiger partial charge in [-0.2, -0.15) is 0 Å². The molecule has 0 aliphatic rings. The second kappa shape index (κ2) is 13.5. The highest BCUT2D eigenvalue weighted by Crippen LogP contribution is 2.07. The molecule has 0 spiro atoms. The topological polar surface area (TPSA) is 76.0 Å². The lowest BCUT2D eigenvalue weighted by Crippen LogP contribution is -2.47. The number of carbonyl (C=O) groups is 2. The first-order chi connectivity index (χ1) is 15.0. The lowest BCUT2D eigenvalue weighted by atomic mass is 10.2. The molecule has 0 unspecified atom stereocenters. The van der Waals surface area contributed by atoms with Gasteiger partial charge in [0.15, 0.2) is 0 Å². The summed E-state index contributed by atoms with van der Waals surface area (Å²) in [5.41, 5.74) is 2.02. The fraction of sp³-hybridized carbons (Fsp3) is 0.478. The molecule has 1 N–H and O–H groups in total. The van der Waals surface area contributed by atoms with Gasteiger partial charge in [0.05, 0.1) is 13.2 Å². The van der Waals surface area contributed by atoms with Crippen molar-refractivity contribution in [3.8, 4) is 0 Å². The molecule has 3 amide bonds. The van der Waals surface area contributed by atoms with Crippen LogP contribution < -0.4 is 5.32 Å². The second-order valence-corrected chi connectivity index (χ2v) is 7.33. The van der Waals surface area contributed by atoms with Crippen molar-refractivity contribution in [3.05, 3.63) is 59.9 Å². The fourth-order valence-electron chi connectivity index (χ4n) is 3.15. The molecular weight excluding hydrogens is 396 g/mol. The predicted molar refractivity (Wildman–Crippen MR) is 119 cm³/mol. The van der Waals surface area contributed by atoms with Gasteiger partial charge in [0, 0.05) is 59.4 Å². The Morgan fingerprint density at radius 2 is 1.71 bits per heavy atom. The molecule has 0 aliphatic carbocycles. The normalized spacial score (nSPS) is 10.7. The maximum atomic E-state index is 13.1. The zero-order valence-electron chi connectivity index (χ0n) is 18.8. The van der Waals surface area contributed by atoms with Crippen LogP contribution >= 0.6 is 0 Å². The molecule has 1 aromatic heterocycles. The Balaban J connectivity index is 2.03. The number of rotatable bonds is 13. The molecule has 0 radical (unpaired) electrons. The zero-order valence-corrected chi connectivity index (χ0v) is 18.8. The van der Waals surface area contributed by atoms with E-state index in [-0.39, 0.29) is 18.5 Å². The minimum absolute atomic E-state index is 0.00151. The summed E-state index contributed by atoms with van der Waals surface area (Å²) in [6, 6.07) is 13.4. The van der Waals surface area contributed by atoms with Gasteiger partial charge in [-0.15, -0.1) is 0 Å². The van der Waals surface area contributed by atoms with E-state index < -0.39 is 0 Å². The number of nitrogens with one attached hydrogen (secondary N) is 1. The molecule has 0 saturated carbocycles. The monoisotopic (exact) mass is 430 g/mol. The van der Waals surface area contributed by atoms with Crippen LogP contribution in [0.4, 0.5) is 4.79 Å². The second-order valence-electron chi connectivity index (χ2n) is 7.33. The van der Waals surface area contributed by atoms with E-state index in [0.29, 0.717) is 45.8 Å². The van der Waals surface area contributed by atoms with E-state index in [0.717, 1.165) is 11.3 Å². The van der Waals surface area contributed by atoms with Gasteiger partial charge in [0.2, 0.25) is 5.91 Å². The average Bonchev–Trinajstić information content (AvgIpc) is 3.19. The van der Waals surface area contributed by atoms with Gasteiger partial charge < -0.3 is 29.2 Å². The number of amides is 3. The van der Waals surface area contributed by atoms with Gasteiger partial charge in [0.1, 0.15) is 6.54 Å². The Morgan fingerprint density at radius 1 is 0.968 bits per heavy atom. The van der Waals surface area contributed by atoms with Crippen LogP contribution in [0.25, 0.3) is 0 Å². The van der Waals surface area contributed by atoms with Crippen LogP contribution in [0, 0.1) is 0 Å². The Labute approximate surface area is 184 Å². The van der Waals surface area contributed by atoms with Crippen molar-refractivity contribution in [3.63, 3.8) is 0 Å². The molecule has 31 heavy (non-hydrogen) atoms. The van der Waals surface area contributed by atoms with Gasteiger partial charge in [-0.25, -0.2) is 4.79 Å². The van der Waals surface area contributed by atoms with E-state index in [9.17, 15) is 9.59 Å². The highest BCUT2D eigenvalue weighted by Gasteiger charge is 2.22. The molecule has 1 heterocycles. The van der Waals surface area contributed by atoms with E-state index >= 15 is 0 Å². The van der Waals surface area contributed by atoms with Gasteiger partial charge >= 0.3 is 6.03 Å². The van der Waals surface area contributed by atoms with Crippen LogP contribution in [0.2, 0.25) is 0 Å². The molecule has 0 atom stereocenters. The number of carbonyl (C=O) groups excluding carboxylic acids is 2. The summed E-state index contributed by atoms with van der Waals surface area (Å²) in [7, 11) is 5.18. The smallest absolute Gasteiger partial charge is 0.318 e. The first kappa shape index (κ1) is 24.4. The van der Waals surface area contributed by atoms with Crippen molar-refractivity contribution in [1.29, 1.82) is 0 Å². The number of aryl methyl sites for hydroxylation is 1. The summed E-state index contributed by atoms with van der Waals surface area (Å²) in [4.78, 5) is 29.2. The number of nitrogens with zero attached hydrogens (tertiary/aromatic N) is 3. The van der Waals surface area contributed by atoms with Crippen LogP contribution in [0.1, 0.15) is 17.7 Å². The van der Waals surface area contributed by atoms with E-state index in [4.69, 9.17) is 9.47 Å². The van der Waals surface area contributed by atoms with Crippen LogP contribution in [-0.2, 0) is 34.4 Å². The summed E-state index contributed by atoms with van der Waals surface area (Å²) in [6.45, 7) is 2.71. The first-order valence-electron chi connectivity index (χ1n) is 10.5. The summed E-state index contributed by atoms with van der Waals surface area (Å²) in [5.74, 6) is -0.120. The lowest BCUT2D eigenvalue weighted by molar-refractivity contribution is -0.133. The Morgan fingerprint density at radius 3 is 2.35 bits per heavy atom. The summed E-state index contributed by atoms with van der Waals surface area (Å²) < 4.78 is 12.3. The van der Waals surface area contributed by atoms with Crippen LogP contribution in [0.3, 0.4) is 0 Å². The van der Waals surface area contributed by atoms with E-state index in [1.807, 2.05) is 60.3 Å². The van der Waals surface area contributed by atoms with Gasteiger partial charge in [-0.1, -0.05) is 30.3 Å². The highest BCUT2D eigenvalue weighted by atomic mass is 16.5. The van der Waals surface area contributed by atoms with Gasteiger partial charge in [0.25, 0.3) is 0 Å². The lowest BCUT2D eigenvalue weighted by Gasteiger charge is -2.28. The fourth-order valence-corrected chi connectivity index (χ4v) is 3.15. The standard InChI is InChI=1S/C23H34N4O4/c1-25-12-7-11-21(25)18-26(14-16-31-3)22(28)19-27(13-8-15-30-2)23(29)24-17-20-9-5-4-6-10-20/h4-7,9-12H,8,13-19H2,1-3H3,(H,24,29). The number of hydrogen-bond donors (Lipinski definition) is 1. The van der Waals surface area contributed by atoms with Crippen molar-refractivity contribution < 1.29 is 19.1 Å². The van der Waals surface area contributed by atoms with Crippen molar-refractivity contribution >= 4 is 11.9 Å². The summed E-state index contributed by atoms with van der Waals surface area (Å²) in [6.07, 6.45) is 2.60. The largest absolute Gasteiger partial charge is 0.385 e. The van der Waals surface area contributed by atoms with Gasteiger partial charge in [-0.05, 0) is 24.1 Å². The summed E-state index contributed by atoms with van der Waals surface area (Å²) >= 11 is 0. The molecule has 8 heteroatoms. The van der Waals surface area contributed by atoms with E-state index in [1.54, 1.807) is 24.0 Å². The SMILES string of the molecule is COCCCN(CC(=O)N(CCOC)Cc1cccn1C)C(=O)NCc1ccccc1. The third kappa shape index (κ3) is 8.43. The third-order valence-corrected chi connectivity index (χ3v) is 5.00. The highest BCUT2D eigenvalue weighted by molar-refractivity contribution is 5.84. The maximum absolute atomic E-state index is 13.1. The molecule has 2 rings (SSSR count). The first-order valence-corrected chi connectivity index (χ1v) is 10.5. The molecule has 8 nitrogen and oxygen atoms in total. The number of aromatic nitrogens is 1. The molecule has 0 aliphatic heterocycles. The van der Waals surface area contributed by atoms with E-state index in [1.165, 1.54) is 0 Å². The molecular formula is C23H34N4O4. The quantitative estimate of drug-likeness (QED) is 0.495. The van der Waals surface area contributed by atoms with Crippen molar-refractivity contribution in [2.24, 2.45) is 7.05 Å². The number of urea groups is 1. The summed E-state index contributed by atoms with van der Waals surface area (Å²) in [5, 5.41) is 2.91. The molecule has 0 fully saturated rings. The van der Waals surface area contributed by atoms with Crippen LogP contribution in [0.15, 0.2) is 48.7 Å². The molecule has 0 bridgehead atoms. The number of benzene rings is 1. The Bertz CT molecular complexity index is 794. The Kier molecular flexibility index (Phi) is 10.6. The molecule has 0 saturated heterocycles. The van der Waals surface area contributed by atoms with Crippen LogP contribution in [0.5, 0.6) is 0 Å². The number of methoxy groups -OCH3 is 2. The van der Waals surface area contributed by atoms with Crippen LogP contribution in [-0.4, -0.2) is 73.4 Å². The molecule has 170 valence electrons. The third-order valence-electron chi connectivity index (χ3n) is 5.00. The average molecular weight is 431 g/mol. The van der Waals surface area contributed by atoms with E-state index in [2.05, 4.69) is 5.32 Å². The van der Waals surface area contributed by atoms with Crippen molar-refractivity contribution in [2.45, 2.75) is 19.5 Å². The molecule has 1 aromatic carbocycles.